The number of carbonyl (C=O) groups is 1. The highest BCUT2D eigenvalue weighted by molar-refractivity contribution is 5.75. The number of nitrogens with one attached hydrogen (secondary N) is 2. The van der Waals surface area contributed by atoms with E-state index in [2.05, 4.69) is 15.6 Å². The fourth-order valence-electron chi connectivity index (χ4n) is 1.96. The Bertz CT molecular complexity index is 552. The molecule has 0 unspecified atom stereocenters. The van der Waals surface area contributed by atoms with Crippen LogP contribution in [0.15, 0.2) is 40.9 Å². The minimum Gasteiger partial charge on any atom is -0.441 e. The largest absolute Gasteiger partial charge is 0.441 e. The van der Waals surface area contributed by atoms with E-state index in [1.54, 1.807) is 6.20 Å². The molecule has 0 atom stereocenters. The third-order valence-electron chi connectivity index (χ3n) is 3.10. The van der Waals surface area contributed by atoms with Crippen molar-refractivity contribution in [1.29, 1.82) is 0 Å². The molecule has 2 aromatic rings. The van der Waals surface area contributed by atoms with Gasteiger partial charge >= 0.3 is 0 Å². The maximum atomic E-state index is 11.7. The predicted molar refractivity (Wildman–Crippen MR) is 81.8 cm³/mol. The topological polar surface area (TPSA) is 67.2 Å². The van der Waals surface area contributed by atoms with Gasteiger partial charge in [0.15, 0.2) is 11.7 Å². The molecule has 2 rings (SSSR count). The van der Waals surface area contributed by atoms with Crippen molar-refractivity contribution in [3.63, 3.8) is 0 Å². The fraction of sp³-hybridized carbons (Fsp3) is 0.375. The lowest BCUT2D eigenvalue weighted by Crippen LogP contribution is -2.26. The van der Waals surface area contributed by atoms with Crippen molar-refractivity contribution in [3.05, 3.63) is 42.4 Å². The minimum absolute atomic E-state index is 0.0329. The van der Waals surface area contributed by atoms with E-state index in [0.29, 0.717) is 25.3 Å². The van der Waals surface area contributed by atoms with Gasteiger partial charge < -0.3 is 15.1 Å². The first-order valence-corrected chi connectivity index (χ1v) is 7.21. The van der Waals surface area contributed by atoms with Crippen LogP contribution in [-0.4, -0.2) is 31.0 Å². The number of rotatable bonds is 8. The van der Waals surface area contributed by atoms with Crippen molar-refractivity contribution in [3.8, 4) is 11.3 Å². The Morgan fingerprint density at radius 1 is 1.24 bits per heavy atom. The summed E-state index contributed by atoms with van der Waals surface area (Å²) in [4.78, 5) is 15.9. The first-order valence-electron chi connectivity index (χ1n) is 7.21. The van der Waals surface area contributed by atoms with E-state index in [0.717, 1.165) is 24.3 Å². The molecule has 1 amide bonds. The second-order valence-electron chi connectivity index (χ2n) is 4.79. The Labute approximate surface area is 124 Å². The van der Waals surface area contributed by atoms with Crippen molar-refractivity contribution < 1.29 is 9.21 Å². The lowest BCUT2D eigenvalue weighted by molar-refractivity contribution is -0.121. The van der Waals surface area contributed by atoms with E-state index >= 15 is 0 Å². The van der Waals surface area contributed by atoms with Gasteiger partial charge in [0.1, 0.15) is 0 Å². The number of carbonyl (C=O) groups excluding carboxylic acids is 1. The van der Waals surface area contributed by atoms with Gasteiger partial charge in [-0.25, -0.2) is 4.98 Å². The molecular weight excluding hydrogens is 266 g/mol. The number of hydrogen-bond donors (Lipinski definition) is 2. The lowest BCUT2D eigenvalue weighted by atomic mass is 10.2. The Hall–Kier alpha value is -2.14. The third-order valence-corrected chi connectivity index (χ3v) is 3.10. The third kappa shape index (κ3) is 5.04. The molecule has 21 heavy (non-hydrogen) atoms. The monoisotopic (exact) mass is 287 g/mol. The van der Waals surface area contributed by atoms with Crippen LogP contribution in [0.3, 0.4) is 0 Å². The Balaban J connectivity index is 1.77. The molecule has 5 nitrogen and oxygen atoms in total. The molecule has 0 aliphatic rings. The summed E-state index contributed by atoms with van der Waals surface area (Å²) < 4.78 is 5.66. The molecule has 2 N–H and O–H groups in total. The number of amides is 1. The molecule has 5 heteroatoms. The van der Waals surface area contributed by atoms with Crippen LogP contribution < -0.4 is 10.6 Å². The van der Waals surface area contributed by atoms with E-state index in [1.807, 2.05) is 37.4 Å². The molecule has 0 aliphatic heterocycles. The number of oxazole rings is 1. The van der Waals surface area contributed by atoms with Crippen LogP contribution in [0, 0.1) is 0 Å². The highest BCUT2D eigenvalue weighted by atomic mass is 16.4. The summed E-state index contributed by atoms with van der Waals surface area (Å²) in [5.41, 5.74) is 0.993. The van der Waals surface area contributed by atoms with Crippen molar-refractivity contribution in [2.75, 3.05) is 20.1 Å². The SMILES string of the molecule is CNCCCNC(=O)CCc1ncc(-c2ccccc2)o1. The van der Waals surface area contributed by atoms with Gasteiger partial charge in [0.25, 0.3) is 0 Å². The molecule has 1 heterocycles. The van der Waals surface area contributed by atoms with Crippen molar-refractivity contribution in [1.82, 2.24) is 15.6 Å². The minimum atomic E-state index is 0.0329. The van der Waals surface area contributed by atoms with E-state index in [9.17, 15) is 4.79 Å². The number of nitrogens with zero attached hydrogens (tertiary/aromatic N) is 1. The van der Waals surface area contributed by atoms with Gasteiger partial charge in [-0.05, 0) is 20.0 Å². The number of aromatic nitrogens is 1. The van der Waals surface area contributed by atoms with Crippen molar-refractivity contribution >= 4 is 5.91 Å². The molecule has 0 saturated heterocycles. The van der Waals surface area contributed by atoms with Gasteiger partial charge in [-0.1, -0.05) is 30.3 Å². The first kappa shape index (κ1) is 15.3. The number of hydrogen-bond acceptors (Lipinski definition) is 4. The van der Waals surface area contributed by atoms with Gasteiger partial charge in [0.05, 0.1) is 6.20 Å². The summed E-state index contributed by atoms with van der Waals surface area (Å²) in [5, 5.41) is 5.92. The Morgan fingerprint density at radius 2 is 2.05 bits per heavy atom. The highest BCUT2D eigenvalue weighted by Crippen LogP contribution is 2.20. The summed E-state index contributed by atoms with van der Waals surface area (Å²) in [6.07, 6.45) is 3.55. The molecule has 0 aliphatic carbocycles. The van der Waals surface area contributed by atoms with Crippen LogP contribution in [-0.2, 0) is 11.2 Å². The second kappa shape index (κ2) is 8.21. The fourth-order valence-corrected chi connectivity index (χ4v) is 1.96. The summed E-state index contributed by atoms with van der Waals surface area (Å²) in [5.74, 6) is 1.37. The zero-order valence-corrected chi connectivity index (χ0v) is 12.3. The summed E-state index contributed by atoms with van der Waals surface area (Å²) in [6, 6.07) is 9.81. The zero-order valence-electron chi connectivity index (χ0n) is 12.3. The van der Waals surface area contributed by atoms with E-state index in [-0.39, 0.29) is 5.91 Å². The highest BCUT2D eigenvalue weighted by Gasteiger charge is 2.08. The molecule has 1 aromatic carbocycles. The molecular formula is C16H21N3O2. The molecule has 0 fully saturated rings. The lowest BCUT2D eigenvalue weighted by Gasteiger charge is -2.03. The smallest absolute Gasteiger partial charge is 0.220 e. The van der Waals surface area contributed by atoms with Crippen LogP contribution in [0.5, 0.6) is 0 Å². The molecule has 112 valence electrons. The molecule has 1 aromatic heterocycles. The van der Waals surface area contributed by atoms with Crippen LogP contribution in [0.25, 0.3) is 11.3 Å². The predicted octanol–water partition coefficient (Wildman–Crippen LogP) is 2.00. The second-order valence-corrected chi connectivity index (χ2v) is 4.79. The number of aryl methyl sites for hydroxylation is 1. The van der Waals surface area contributed by atoms with Crippen molar-refractivity contribution in [2.24, 2.45) is 0 Å². The van der Waals surface area contributed by atoms with Gasteiger partial charge in [0, 0.05) is 24.9 Å². The normalized spacial score (nSPS) is 10.5. The number of benzene rings is 1. The van der Waals surface area contributed by atoms with E-state index in [4.69, 9.17) is 4.42 Å². The summed E-state index contributed by atoms with van der Waals surface area (Å²) >= 11 is 0. The van der Waals surface area contributed by atoms with Gasteiger partial charge in [-0.15, -0.1) is 0 Å². The van der Waals surface area contributed by atoms with E-state index in [1.165, 1.54) is 0 Å². The quantitative estimate of drug-likeness (QED) is 0.729. The van der Waals surface area contributed by atoms with E-state index < -0.39 is 0 Å². The molecule has 0 spiro atoms. The zero-order chi connectivity index (χ0) is 14.9. The van der Waals surface area contributed by atoms with Crippen LogP contribution in [0.1, 0.15) is 18.7 Å². The van der Waals surface area contributed by atoms with Crippen LogP contribution >= 0.6 is 0 Å². The average Bonchev–Trinajstić information content (AvgIpc) is 2.99. The Kier molecular flexibility index (Phi) is 5.97. The standard InChI is InChI=1S/C16H21N3O2/c1-17-10-5-11-18-15(20)8-9-16-19-12-14(21-16)13-6-3-2-4-7-13/h2-4,6-7,12,17H,5,8-11H2,1H3,(H,18,20). The maximum Gasteiger partial charge on any atom is 0.220 e. The average molecular weight is 287 g/mol. The van der Waals surface area contributed by atoms with Gasteiger partial charge in [-0.3, -0.25) is 4.79 Å². The summed E-state index contributed by atoms with van der Waals surface area (Å²) in [7, 11) is 1.90. The molecule has 0 radical (unpaired) electrons. The van der Waals surface area contributed by atoms with Crippen molar-refractivity contribution in [2.45, 2.75) is 19.3 Å². The first-order chi connectivity index (χ1) is 10.3. The Morgan fingerprint density at radius 3 is 2.81 bits per heavy atom. The molecule has 0 saturated carbocycles. The summed E-state index contributed by atoms with van der Waals surface area (Å²) in [6.45, 7) is 1.60. The van der Waals surface area contributed by atoms with Crippen LogP contribution in [0.2, 0.25) is 0 Å². The van der Waals surface area contributed by atoms with Crippen LogP contribution in [0.4, 0.5) is 0 Å². The maximum absolute atomic E-state index is 11.7. The van der Waals surface area contributed by atoms with Gasteiger partial charge in [-0.2, -0.15) is 0 Å². The van der Waals surface area contributed by atoms with Gasteiger partial charge in [0.2, 0.25) is 5.91 Å². The molecule has 0 bridgehead atoms.